The maximum absolute atomic E-state index is 12.0. The second-order valence-corrected chi connectivity index (χ2v) is 4.42. The standard InChI is InChI=1S/C11H10N6O4/c1-15-7-6(8(18)16(2)11(15)21)12-10(13-7)17-4-3-5(14-17)9(19)20/h3-4H,1-2H3,(H,12,13)(H,19,20). The number of carbonyl (C=O) groups is 1. The summed E-state index contributed by atoms with van der Waals surface area (Å²) in [6, 6.07) is 1.30. The summed E-state index contributed by atoms with van der Waals surface area (Å²) in [5.41, 5.74) is -0.862. The smallest absolute Gasteiger partial charge is 0.356 e. The lowest BCUT2D eigenvalue weighted by molar-refractivity contribution is 0.0690. The number of imidazole rings is 1. The van der Waals surface area contributed by atoms with Gasteiger partial charge in [0.05, 0.1) is 0 Å². The van der Waals surface area contributed by atoms with Crippen LogP contribution in [-0.4, -0.2) is 40.0 Å². The van der Waals surface area contributed by atoms with E-state index in [0.29, 0.717) is 0 Å². The Kier molecular flexibility index (Phi) is 2.55. The van der Waals surface area contributed by atoms with Gasteiger partial charge in [-0.2, -0.15) is 10.1 Å². The number of rotatable bonds is 2. The molecule has 3 heterocycles. The number of hydrogen-bond acceptors (Lipinski definition) is 5. The molecule has 0 aromatic carbocycles. The van der Waals surface area contributed by atoms with Crippen LogP contribution in [0.4, 0.5) is 0 Å². The van der Waals surface area contributed by atoms with Gasteiger partial charge in [-0.1, -0.05) is 0 Å². The molecule has 0 aliphatic heterocycles. The van der Waals surface area contributed by atoms with Gasteiger partial charge in [-0.15, -0.1) is 0 Å². The van der Waals surface area contributed by atoms with Crippen molar-refractivity contribution in [2.24, 2.45) is 14.1 Å². The Morgan fingerprint density at radius 3 is 2.62 bits per heavy atom. The van der Waals surface area contributed by atoms with Crippen LogP contribution >= 0.6 is 0 Å². The van der Waals surface area contributed by atoms with Crippen LogP contribution in [0.5, 0.6) is 0 Å². The summed E-state index contributed by atoms with van der Waals surface area (Å²) in [5, 5.41) is 12.6. The molecule has 108 valence electrons. The summed E-state index contributed by atoms with van der Waals surface area (Å²) in [4.78, 5) is 41.5. The molecule has 10 nitrogen and oxygen atoms in total. The molecule has 0 aliphatic carbocycles. The van der Waals surface area contributed by atoms with Gasteiger partial charge in [-0.25, -0.2) is 14.3 Å². The van der Waals surface area contributed by atoms with Gasteiger partial charge in [0, 0.05) is 20.3 Å². The molecule has 3 aromatic rings. The minimum absolute atomic E-state index is 0.141. The largest absolute Gasteiger partial charge is 0.476 e. The first-order chi connectivity index (χ1) is 9.90. The first-order valence-corrected chi connectivity index (χ1v) is 5.85. The van der Waals surface area contributed by atoms with E-state index >= 15 is 0 Å². The molecule has 21 heavy (non-hydrogen) atoms. The quantitative estimate of drug-likeness (QED) is 0.613. The van der Waals surface area contributed by atoms with Gasteiger partial charge in [0.15, 0.2) is 16.9 Å². The average molecular weight is 290 g/mol. The van der Waals surface area contributed by atoms with E-state index in [4.69, 9.17) is 5.11 Å². The number of fused-ring (bicyclic) bond motifs is 1. The summed E-state index contributed by atoms with van der Waals surface area (Å²) in [6.07, 6.45) is 1.39. The molecule has 0 amide bonds. The highest BCUT2D eigenvalue weighted by Crippen LogP contribution is 2.08. The van der Waals surface area contributed by atoms with Crippen molar-refractivity contribution in [1.82, 2.24) is 28.9 Å². The molecule has 0 aliphatic rings. The molecule has 0 atom stereocenters. The molecule has 0 saturated heterocycles. The van der Waals surface area contributed by atoms with Crippen LogP contribution < -0.4 is 11.2 Å². The van der Waals surface area contributed by atoms with Crippen molar-refractivity contribution in [1.29, 1.82) is 0 Å². The number of aromatic carboxylic acids is 1. The number of aromatic amines is 1. The minimum atomic E-state index is -1.17. The van der Waals surface area contributed by atoms with Gasteiger partial charge >= 0.3 is 11.7 Å². The first kappa shape index (κ1) is 12.8. The molecular formula is C11H10N6O4. The number of aromatic nitrogens is 6. The lowest BCUT2D eigenvalue weighted by atomic mass is 10.5. The minimum Gasteiger partial charge on any atom is -0.476 e. The van der Waals surface area contributed by atoms with E-state index in [9.17, 15) is 14.4 Å². The topological polar surface area (TPSA) is 128 Å². The number of nitrogens with zero attached hydrogens (tertiary/aromatic N) is 5. The molecule has 0 fully saturated rings. The molecule has 0 radical (unpaired) electrons. The fourth-order valence-electron chi connectivity index (χ4n) is 1.98. The highest BCUT2D eigenvalue weighted by atomic mass is 16.4. The van der Waals surface area contributed by atoms with Crippen molar-refractivity contribution < 1.29 is 9.90 Å². The van der Waals surface area contributed by atoms with E-state index in [-0.39, 0.29) is 22.8 Å². The average Bonchev–Trinajstić information content (AvgIpc) is 3.08. The molecule has 2 N–H and O–H groups in total. The van der Waals surface area contributed by atoms with E-state index in [1.54, 1.807) is 0 Å². The molecule has 0 unspecified atom stereocenters. The van der Waals surface area contributed by atoms with Crippen LogP contribution in [0.2, 0.25) is 0 Å². The summed E-state index contributed by atoms with van der Waals surface area (Å²) in [6.45, 7) is 0. The van der Waals surface area contributed by atoms with Crippen LogP contribution in [0.3, 0.4) is 0 Å². The normalized spacial score (nSPS) is 11.1. The Hall–Kier alpha value is -3.17. The fraction of sp³-hybridized carbons (Fsp3) is 0.182. The van der Waals surface area contributed by atoms with Gasteiger partial charge in [-0.3, -0.25) is 13.9 Å². The van der Waals surface area contributed by atoms with Crippen LogP contribution in [-0.2, 0) is 14.1 Å². The van der Waals surface area contributed by atoms with Gasteiger partial charge < -0.3 is 10.1 Å². The number of nitrogens with one attached hydrogen (secondary N) is 1. The maximum Gasteiger partial charge on any atom is 0.356 e. The highest BCUT2D eigenvalue weighted by Gasteiger charge is 2.15. The van der Waals surface area contributed by atoms with Crippen LogP contribution in [0, 0.1) is 0 Å². The highest BCUT2D eigenvalue weighted by molar-refractivity contribution is 5.85. The number of carboxylic acids is 1. The molecular weight excluding hydrogens is 280 g/mol. The zero-order chi connectivity index (χ0) is 15.3. The van der Waals surface area contributed by atoms with Crippen molar-refractivity contribution in [2.75, 3.05) is 0 Å². The Labute approximate surface area is 115 Å². The Bertz CT molecular complexity index is 988. The third-order valence-electron chi connectivity index (χ3n) is 3.11. The van der Waals surface area contributed by atoms with Gasteiger partial charge in [0.2, 0.25) is 5.95 Å². The summed E-state index contributed by atoms with van der Waals surface area (Å²) in [5.74, 6) is -1.02. The molecule has 0 bridgehead atoms. The van der Waals surface area contributed by atoms with Crippen LogP contribution in [0.1, 0.15) is 10.5 Å². The Morgan fingerprint density at radius 1 is 1.29 bits per heavy atom. The Balaban J connectivity index is 2.28. The SMILES string of the molecule is Cn1c(=O)c2[nH]c(-n3ccc(C(=O)O)n3)nc2n(C)c1=O. The van der Waals surface area contributed by atoms with Gasteiger partial charge in [0.25, 0.3) is 5.56 Å². The van der Waals surface area contributed by atoms with Crippen molar-refractivity contribution >= 4 is 17.1 Å². The summed E-state index contributed by atoms with van der Waals surface area (Å²) >= 11 is 0. The predicted molar refractivity (Wildman–Crippen MR) is 70.7 cm³/mol. The molecule has 0 saturated carbocycles. The van der Waals surface area contributed by atoms with Crippen LogP contribution in [0.15, 0.2) is 21.9 Å². The first-order valence-electron chi connectivity index (χ1n) is 5.85. The van der Waals surface area contributed by atoms with E-state index in [1.165, 1.54) is 35.6 Å². The van der Waals surface area contributed by atoms with E-state index in [2.05, 4.69) is 15.1 Å². The molecule has 10 heteroatoms. The summed E-state index contributed by atoms with van der Waals surface area (Å²) in [7, 11) is 2.85. The number of hydrogen-bond donors (Lipinski definition) is 2. The Morgan fingerprint density at radius 2 is 2.00 bits per heavy atom. The van der Waals surface area contributed by atoms with Crippen molar-refractivity contribution in [3.05, 3.63) is 38.8 Å². The zero-order valence-corrected chi connectivity index (χ0v) is 11.1. The van der Waals surface area contributed by atoms with Crippen LogP contribution in [0.25, 0.3) is 17.1 Å². The van der Waals surface area contributed by atoms with E-state index < -0.39 is 17.2 Å². The number of H-pyrrole nitrogens is 1. The molecule has 3 rings (SSSR count). The van der Waals surface area contributed by atoms with E-state index in [1.807, 2.05) is 0 Å². The number of carboxylic acid groups (broad SMARTS) is 1. The predicted octanol–water partition coefficient (Wildman–Crippen LogP) is -1.16. The second-order valence-electron chi connectivity index (χ2n) is 4.42. The number of aryl methyl sites for hydroxylation is 1. The maximum atomic E-state index is 12.0. The third-order valence-corrected chi connectivity index (χ3v) is 3.11. The lowest BCUT2D eigenvalue weighted by Crippen LogP contribution is -2.36. The van der Waals surface area contributed by atoms with Crippen molar-refractivity contribution in [2.45, 2.75) is 0 Å². The zero-order valence-electron chi connectivity index (χ0n) is 11.1. The van der Waals surface area contributed by atoms with Crippen molar-refractivity contribution in [3.8, 4) is 5.95 Å². The van der Waals surface area contributed by atoms with E-state index in [0.717, 1.165) is 4.57 Å². The summed E-state index contributed by atoms with van der Waals surface area (Å²) < 4.78 is 3.36. The second kappa shape index (κ2) is 4.16. The molecule has 0 spiro atoms. The van der Waals surface area contributed by atoms with Crippen molar-refractivity contribution in [3.63, 3.8) is 0 Å². The van der Waals surface area contributed by atoms with Gasteiger partial charge in [-0.05, 0) is 6.07 Å². The van der Waals surface area contributed by atoms with Gasteiger partial charge in [0.1, 0.15) is 0 Å². The fourth-order valence-corrected chi connectivity index (χ4v) is 1.98. The molecule has 3 aromatic heterocycles. The lowest BCUT2D eigenvalue weighted by Gasteiger charge is -2.00. The monoisotopic (exact) mass is 290 g/mol. The third kappa shape index (κ3) is 1.76.